The van der Waals surface area contributed by atoms with Crippen molar-refractivity contribution in [3.8, 4) is 0 Å². The number of amides is 7. The van der Waals surface area contributed by atoms with Gasteiger partial charge in [0.05, 0.1) is 6.42 Å². The Labute approximate surface area is 316 Å². The number of nitrogens with zero attached hydrogens (tertiary/aromatic N) is 2. The normalized spacial score (nSPS) is 16.2. The van der Waals surface area contributed by atoms with E-state index >= 15 is 0 Å². The minimum atomic E-state index is -1.74. The highest BCUT2D eigenvalue weighted by molar-refractivity contribution is 6.09. The van der Waals surface area contributed by atoms with Crippen LogP contribution in [0.4, 0.5) is 15.3 Å². The van der Waals surface area contributed by atoms with Gasteiger partial charge in [-0.1, -0.05) is 103 Å². The summed E-state index contributed by atoms with van der Waals surface area (Å²) in [4.78, 5) is 93.0. The summed E-state index contributed by atoms with van der Waals surface area (Å²) in [5.41, 5.74) is 1.99. The number of carbonyl (C=O) groups is 7. The molecule has 0 spiro atoms. The Morgan fingerprint density at radius 3 is 2.00 bits per heavy atom. The number of carboxylic acids is 2. The molecule has 1 fully saturated rings. The molecule has 1 saturated heterocycles. The third kappa shape index (κ3) is 9.32. The van der Waals surface area contributed by atoms with Crippen LogP contribution in [-0.4, -0.2) is 74.3 Å². The molecular formula is C40H40N6O9. The van der Waals surface area contributed by atoms with Crippen LogP contribution >= 0.6 is 0 Å². The second-order valence-corrected chi connectivity index (χ2v) is 13.0. The highest BCUT2D eigenvalue weighted by atomic mass is 16.4. The standard InChI is InChI=1S/C40H40N6O9/c1-25-11-9-10-16-30(25)43-38(54)41-22-26-17-19-29(20-18-26)40(2)37(53)45(39(55)46(40)23-27-12-5-3-6-13-27)24-32(47)42-31(21-33(48)49)35(50)44-34(36(51)52)28-14-7-4-8-15-28/h3-20,31,34H,21-24H2,1-2H3,(H,42,47)(H,44,50)(H,48,49)(H,51,52)(H2,41,43,54). The second kappa shape index (κ2) is 17.2. The van der Waals surface area contributed by atoms with Gasteiger partial charge >= 0.3 is 24.0 Å². The fourth-order valence-electron chi connectivity index (χ4n) is 6.17. The van der Waals surface area contributed by atoms with Crippen LogP contribution in [0.3, 0.4) is 0 Å². The molecule has 4 aromatic rings. The van der Waals surface area contributed by atoms with E-state index in [1.54, 1.807) is 85.8 Å². The van der Waals surface area contributed by atoms with Crippen molar-refractivity contribution in [2.75, 3.05) is 11.9 Å². The quantitative estimate of drug-likeness (QED) is 0.0972. The minimum Gasteiger partial charge on any atom is -0.481 e. The predicted octanol–water partition coefficient (Wildman–Crippen LogP) is 3.90. The summed E-state index contributed by atoms with van der Waals surface area (Å²) in [6.07, 6.45) is -0.910. The molecule has 3 atom stereocenters. The van der Waals surface area contributed by atoms with Gasteiger partial charge in [-0.15, -0.1) is 0 Å². The van der Waals surface area contributed by atoms with E-state index in [2.05, 4.69) is 21.3 Å². The summed E-state index contributed by atoms with van der Waals surface area (Å²) in [6, 6.07) is 26.2. The van der Waals surface area contributed by atoms with Gasteiger partial charge in [-0.2, -0.15) is 0 Å². The van der Waals surface area contributed by atoms with E-state index < -0.39 is 72.3 Å². The van der Waals surface area contributed by atoms with Crippen molar-refractivity contribution in [2.45, 2.75) is 51.0 Å². The predicted molar refractivity (Wildman–Crippen MR) is 199 cm³/mol. The number of aliphatic carboxylic acids is 2. The molecule has 1 heterocycles. The van der Waals surface area contributed by atoms with Crippen molar-refractivity contribution in [3.05, 3.63) is 137 Å². The number of benzene rings is 4. The number of carboxylic acid groups (broad SMARTS) is 2. The molecule has 0 saturated carbocycles. The lowest BCUT2D eigenvalue weighted by molar-refractivity contribution is -0.144. The number of hydrogen-bond donors (Lipinski definition) is 6. The first-order valence-electron chi connectivity index (χ1n) is 17.2. The van der Waals surface area contributed by atoms with Crippen LogP contribution in [0.2, 0.25) is 0 Å². The van der Waals surface area contributed by atoms with Crippen LogP contribution < -0.4 is 21.3 Å². The molecule has 7 amide bonds. The number of nitrogens with one attached hydrogen (secondary N) is 4. The topological polar surface area (TPSA) is 215 Å². The lowest BCUT2D eigenvalue weighted by Crippen LogP contribution is -2.52. The zero-order chi connectivity index (χ0) is 39.7. The van der Waals surface area contributed by atoms with E-state index in [1.165, 1.54) is 17.0 Å². The van der Waals surface area contributed by atoms with Crippen molar-refractivity contribution >= 4 is 47.4 Å². The summed E-state index contributed by atoms with van der Waals surface area (Å²) in [5.74, 6) is -5.75. The van der Waals surface area contributed by atoms with Crippen molar-refractivity contribution < 1.29 is 43.8 Å². The number of urea groups is 2. The average molecular weight is 749 g/mol. The highest BCUT2D eigenvalue weighted by Gasteiger charge is 2.55. The Kier molecular flexibility index (Phi) is 12.3. The number of para-hydroxylation sites is 1. The second-order valence-electron chi connectivity index (χ2n) is 13.0. The fourth-order valence-corrected chi connectivity index (χ4v) is 6.17. The van der Waals surface area contributed by atoms with E-state index in [-0.39, 0.29) is 18.7 Å². The maximum Gasteiger partial charge on any atom is 0.330 e. The number of carbonyl (C=O) groups excluding carboxylic acids is 5. The Morgan fingerprint density at radius 1 is 0.764 bits per heavy atom. The van der Waals surface area contributed by atoms with Gasteiger partial charge in [0.2, 0.25) is 11.8 Å². The van der Waals surface area contributed by atoms with E-state index in [9.17, 15) is 43.8 Å². The maximum atomic E-state index is 14.2. The van der Waals surface area contributed by atoms with E-state index in [4.69, 9.17) is 0 Å². The molecule has 284 valence electrons. The first kappa shape index (κ1) is 39.2. The fraction of sp³-hybridized carbons (Fsp3) is 0.225. The smallest absolute Gasteiger partial charge is 0.330 e. The lowest BCUT2D eigenvalue weighted by atomic mass is 9.89. The van der Waals surface area contributed by atoms with Crippen LogP contribution in [0.15, 0.2) is 109 Å². The number of imide groups is 1. The van der Waals surface area contributed by atoms with Gasteiger partial charge in [0, 0.05) is 18.8 Å². The highest BCUT2D eigenvalue weighted by Crippen LogP contribution is 2.38. The van der Waals surface area contributed by atoms with E-state index in [0.717, 1.165) is 10.5 Å². The number of anilines is 1. The van der Waals surface area contributed by atoms with Crippen LogP contribution in [0.25, 0.3) is 0 Å². The molecule has 15 heteroatoms. The zero-order valence-electron chi connectivity index (χ0n) is 30.0. The molecule has 55 heavy (non-hydrogen) atoms. The third-order valence-corrected chi connectivity index (χ3v) is 9.21. The molecule has 4 aromatic carbocycles. The third-order valence-electron chi connectivity index (χ3n) is 9.21. The van der Waals surface area contributed by atoms with Crippen LogP contribution in [-0.2, 0) is 42.6 Å². The Hall–Kier alpha value is -7.03. The van der Waals surface area contributed by atoms with Crippen LogP contribution in [0.5, 0.6) is 0 Å². The number of hydrogen-bond acceptors (Lipinski definition) is 7. The number of aryl methyl sites for hydroxylation is 1. The van der Waals surface area contributed by atoms with E-state index in [1.807, 2.05) is 25.1 Å². The molecule has 0 aliphatic carbocycles. The van der Waals surface area contributed by atoms with Gasteiger partial charge < -0.3 is 36.4 Å². The van der Waals surface area contributed by atoms with Crippen molar-refractivity contribution in [1.82, 2.24) is 25.8 Å². The molecule has 0 aromatic heterocycles. The Morgan fingerprint density at radius 2 is 1.38 bits per heavy atom. The van der Waals surface area contributed by atoms with Gasteiger partial charge in [0.25, 0.3) is 5.91 Å². The lowest BCUT2D eigenvalue weighted by Gasteiger charge is -2.32. The van der Waals surface area contributed by atoms with Gasteiger partial charge in [-0.05, 0) is 47.7 Å². The molecule has 6 N–H and O–H groups in total. The molecule has 3 unspecified atom stereocenters. The van der Waals surface area contributed by atoms with E-state index in [0.29, 0.717) is 22.4 Å². The summed E-state index contributed by atoms with van der Waals surface area (Å²) in [5, 5.41) is 29.3. The molecule has 1 aliphatic rings. The minimum absolute atomic E-state index is 0.0114. The monoisotopic (exact) mass is 748 g/mol. The Balaban J connectivity index is 1.33. The SMILES string of the molecule is Cc1ccccc1NC(=O)NCc1ccc(C2(C)C(=O)N(CC(=O)NC(CC(=O)O)C(=O)NC(C(=O)O)c3ccccc3)C(=O)N2Cc2ccccc2)cc1. The van der Waals surface area contributed by atoms with Crippen molar-refractivity contribution in [2.24, 2.45) is 0 Å². The molecular weight excluding hydrogens is 708 g/mol. The Bertz CT molecular complexity index is 2080. The molecule has 0 radical (unpaired) electrons. The van der Waals surface area contributed by atoms with Gasteiger partial charge in [-0.3, -0.25) is 24.1 Å². The molecule has 5 rings (SSSR count). The zero-order valence-corrected chi connectivity index (χ0v) is 30.0. The maximum absolute atomic E-state index is 14.2. The molecule has 15 nitrogen and oxygen atoms in total. The molecule has 1 aliphatic heterocycles. The number of rotatable bonds is 15. The van der Waals surface area contributed by atoms with Gasteiger partial charge in [-0.25, -0.2) is 14.4 Å². The van der Waals surface area contributed by atoms with Crippen molar-refractivity contribution in [1.29, 1.82) is 0 Å². The summed E-state index contributed by atoms with van der Waals surface area (Å²) >= 11 is 0. The van der Waals surface area contributed by atoms with Gasteiger partial charge in [0.1, 0.15) is 18.1 Å². The van der Waals surface area contributed by atoms with Crippen LogP contribution in [0, 0.1) is 6.92 Å². The summed E-state index contributed by atoms with van der Waals surface area (Å²) < 4.78 is 0. The largest absolute Gasteiger partial charge is 0.481 e. The first-order chi connectivity index (χ1) is 26.3. The molecule has 0 bridgehead atoms. The summed E-state index contributed by atoms with van der Waals surface area (Å²) in [7, 11) is 0. The van der Waals surface area contributed by atoms with Gasteiger partial charge in [0.15, 0.2) is 6.04 Å². The summed E-state index contributed by atoms with van der Waals surface area (Å²) in [6.45, 7) is 2.71. The van der Waals surface area contributed by atoms with Crippen LogP contribution in [0.1, 0.15) is 47.2 Å². The first-order valence-corrected chi connectivity index (χ1v) is 17.2. The average Bonchev–Trinajstić information content (AvgIpc) is 3.34. The van der Waals surface area contributed by atoms with Crippen molar-refractivity contribution in [3.63, 3.8) is 0 Å².